The first kappa shape index (κ1) is 12.6. The molecule has 2 rings (SSSR count). The minimum absolute atomic E-state index is 0.0937. The lowest BCUT2D eigenvalue weighted by atomic mass is 10.1. The molecule has 0 atom stereocenters. The van der Waals surface area contributed by atoms with Crippen molar-refractivity contribution in [1.82, 2.24) is 0 Å². The van der Waals surface area contributed by atoms with Crippen LogP contribution in [0.1, 0.15) is 16.7 Å². The molecule has 0 amide bonds. The highest BCUT2D eigenvalue weighted by Gasteiger charge is 2.06. The second kappa shape index (κ2) is 5.17. The van der Waals surface area contributed by atoms with Gasteiger partial charge in [0.05, 0.1) is 0 Å². The standard InChI is InChI=1S/C15H14F2O/c1-10-3-4-11(2)15(7-10)18-9-12-5-6-13(16)8-14(12)17/h3-8H,9H2,1-2H3. The van der Waals surface area contributed by atoms with Gasteiger partial charge < -0.3 is 4.74 Å². The number of hydrogen-bond acceptors (Lipinski definition) is 1. The van der Waals surface area contributed by atoms with Crippen LogP contribution in [0.25, 0.3) is 0 Å². The van der Waals surface area contributed by atoms with Crippen molar-refractivity contribution in [2.45, 2.75) is 20.5 Å². The molecule has 0 aliphatic carbocycles. The Morgan fingerprint density at radius 3 is 2.50 bits per heavy atom. The minimum Gasteiger partial charge on any atom is -0.489 e. The molecule has 0 aliphatic rings. The maximum atomic E-state index is 13.4. The minimum atomic E-state index is -0.583. The van der Waals surface area contributed by atoms with Gasteiger partial charge in [-0.15, -0.1) is 0 Å². The molecule has 0 radical (unpaired) electrons. The highest BCUT2D eigenvalue weighted by molar-refractivity contribution is 5.36. The van der Waals surface area contributed by atoms with Crippen LogP contribution in [0, 0.1) is 25.5 Å². The summed E-state index contributed by atoms with van der Waals surface area (Å²) in [6.07, 6.45) is 0. The lowest BCUT2D eigenvalue weighted by molar-refractivity contribution is 0.297. The van der Waals surface area contributed by atoms with Crippen molar-refractivity contribution in [2.24, 2.45) is 0 Å². The zero-order chi connectivity index (χ0) is 13.1. The Balaban J connectivity index is 2.13. The van der Waals surface area contributed by atoms with E-state index in [1.54, 1.807) is 0 Å². The molecule has 0 bridgehead atoms. The van der Waals surface area contributed by atoms with Crippen molar-refractivity contribution in [2.75, 3.05) is 0 Å². The Bertz CT molecular complexity index is 564. The second-order valence-electron chi connectivity index (χ2n) is 4.29. The average molecular weight is 248 g/mol. The highest BCUT2D eigenvalue weighted by Crippen LogP contribution is 2.21. The maximum Gasteiger partial charge on any atom is 0.132 e. The van der Waals surface area contributed by atoms with Gasteiger partial charge in [-0.2, -0.15) is 0 Å². The third-order valence-corrected chi connectivity index (χ3v) is 2.74. The van der Waals surface area contributed by atoms with Crippen LogP contribution in [-0.4, -0.2) is 0 Å². The van der Waals surface area contributed by atoms with Gasteiger partial charge in [-0.1, -0.05) is 12.1 Å². The summed E-state index contributed by atoms with van der Waals surface area (Å²) in [7, 11) is 0. The van der Waals surface area contributed by atoms with Crippen molar-refractivity contribution >= 4 is 0 Å². The fourth-order valence-electron chi connectivity index (χ4n) is 1.66. The van der Waals surface area contributed by atoms with Crippen LogP contribution >= 0.6 is 0 Å². The summed E-state index contributed by atoms with van der Waals surface area (Å²) in [6, 6.07) is 9.32. The molecule has 2 aromatic rings. The molecular formula is C15H14F2O. The van der Waals surface area contributed by atoms with Gasteiger partial charge in [0.25, 0.3) is 0 Å². The largest absolute Gasteiger partial charge is 0.489 e. The molecule has 1 nitrogen and oxygen atoms in total. The Labute approximate surface area is 105 Å². The van der Waals surface area contributed by atoms with Gasteiger partial charge in [-0.25, -0.2) is 8.78 Å². The van der Waals surface area contributed by atoms with Crippen LogP contribution in [0.3, 0.4) is 0 Å². The summed E-state index contributed by atoms with van der Waals surface area (Å²) in [4.78, 5) is 0. The molecular weight excluding hydrogens is 234 g/mol. The van der Waals surface area contributed by atoms with Crippen LogP contribution in [-0.2, 0) is 6.61 Å². The molecule has 18 heavy (non-hydrogen) atoms. The van der Waals surface area contributed by atoms with Crippen molar-refractivity contribution in [3.63, 3.8) is 0 Å². The Kier molecular flexibility index (Phi) is 3.60. The van der Waals surface area contributed by atoms with E-state index >= 15 is 0 Å². The monoisotopic (exact) mass is 248 g/mol. The smallest absolute Gasteiger partial charge is 0.132 e. The van der Waals surface area contributed by atoms with Gasteiger partial charge in [-0.05, 0) is 43.2 Å². The van der Waals surface area contributed by atoms with Gasteiger partial charge in [0.2, 0.25) is 0 Å². The summed E-state index contributed by atoms with van der Waals surface area (Å²) in [5.41, 5.74) is 2.41. The van der Waals surface area contributed by atoms with Crippen molar-refractivity contribution in [1.29, 1.82) is 0 Å². The van der Waals surface area contributed by atoms with Crippen molar-refractivity contribution in [3.8, 4) is 5.75 Å². The van der Waals surface area contributed by atoms with Crippen molar-refractivity contribution in [3.05, 3.63) is 64.7 Å². The topological polar surface area (TPSA) is 9.23 Å². The van der Waals surface area contributed by atoms with Gasteiger partial charge in [0.15, 0.2) is 0 Å². The first-order valence-electron chi connectivity index (χ1n) is 5.70. The van der Waals surface area contributed by atoms with E-state index < -0.39 is 11.6 Å². The molecule has 0 saturated carbocycles. The van der Waals surface area contributed by atoms with E-state index in [4.69, 9.17) is 4.74 Å². The average Bonchev–Trinajstić information content (AvgIpc) is 2.32. The van der Waals surface area contributed by atoms with Crippen LogP contribution in [0.4, 0.5) is 8.78 Å². The van der Waals surface area contributed by atoms with Crippen LogP contribution in [0.5, 0.6) is 5.75 Å². The molecule has 0 unspecified atom stereocenters. The van der Waals surface area contributed by atoms with Gasteiger partial charge in [-0.3, -0.25) is 0 Å². The number of hydrogen-bond donors (Lipinski definition) is 0. The van der Waals surface area contributed by atoms with E-state index in [2.05, 4.69) is 0 Å². The summed E-state index contributed by atoms with van der Waals surface area (Å²) in [5.74, 6) is -0.443. The number of ether oxygens (including phenoxy) is 1. The van der Waals surface area contributed by atoms with E-state index in [1.807, 2.05) is 32.0 Å². The summed E-state index contributed by atoms with van der Waals surface area (Å²) in [6.45, 7) is 3.98. The molecule has 0 aromatic heterocycles. The zero-order valence-electron chi connectivity index (χ0n) is 10.3. The molecule has 2 aromatic carbocycles. The van der Waals surface area contributed by atoms with E-state index in [1.165, 1.54) is 12.1 Å². The van der Waals surface area contributed by atoms with Gasteiger partial charge in [0, 0.05) is 11.6 Å². The lowest BCUT2D eigenvalue weighted by Crippen LogP contribution is -2.00. The second-order valence-corrected chi connectivity index (χ2v) is 4.29. The maximum absolute atomic E-state index is 13.4. The first-order chi connectivity index (χ1) is 8.56. The van der Waals surface area contributed by atoms with E-state index in [0.29, 0.717) is 5.56 Å². The summed E-state index contributed by atoms with van der Waals surface area (Å²) < 4.78 is 31.7. The number of benzene rings is 2. The first-order valence-corrected chi connectivity index (χ1v) is 5.70. The summed E-state index contributed by atoms with van der Waals surface area (Å²) >= 11 is 0. The fraction of sp³-hybridized carbons (Fsp3) is 0.200. The summed E-state index contributed by atoms with van der Waals surface area (Å²) in [5, 5.41) is 0. The molecule has 0 N–H and O–H groups in total. The quantitative estimate of drug-likeness (QED) is 0.792. The fourth-order valence-corrected chi connectivity index (χ4v) is 1.66. The van der Waals surface area contributed by atoms with Gasteiger partial charge in [0.1, 0.15) is 24.0 Å². The predicted molar refractivity (Wildman–Crippen MR) is 66.6 cm³/mol. The SMILES string of the molecule is Cc1ccc(C)c(OCc2ccc(F)cc2F)c1. The number of rotatable bonds is 3. The van der Waals surface area contributed by atoms with E-state index in [9.17, 15) is 8.78 Å². The van der Waals surface area contributed by atoms with E-state index in [0.717, 1.165) is 22.9 Å². The van der Waals surface area contributed by atoms with Gasteiger partial charge >= 0.3 is 0 Å². The molecule has 0 saturated heterocycles. The normalized spacial score (nSPS) is 10.4. The lowest BCUT2D eigenvalue weighted by Gasteiger charge is -2.10. The third kappa shape index (κ3) is 2.86. The predicted octanol–water partition coefficient (Wildman–Crippen LogP) is 4.16. The Hall–Kier alpha value is -1.90. The van der Waals surface area contributed by atoms with Crippen LogP contribution < -0.4 is 4.74 Å². The number of aryl methyl sites for hydroxylation is 2. The Morgan fingerprint density at radius 2 is 1.78 bits per heavy atom. The molecule has 0 aliphatic heterocycles. The van der Waals surface area contributed by atoms with E-state index in [-0.39, 0.29) is 6.61 Å². The third-order valence-electron chi connectivity index (χ3n) is 2.74. The van der Waals surface area contributed by atoms with Crippen LogP contribution in [0.2, 0.25) is 0 Å². The molecule has 94 valence electrons. The molecule has 0 heterocycles. The molecule has 3 heteroatoms. The van der Waals surface area contributed by atoms with Crippen molar-refractivity contribution < 1.29 is 13.5 Å². The molecule has 0 spiro atoms. The van der Waals surface area contributed by atoms with Crippen LogP contribution in [0.15, 0.2) is 36.4 Å². The Morgan fingerprint density at radius 1 is 1.00 bits per heavy atom. The zero-order valence-corrected chi connectivity index (χ0v) is 10.3. The molecule has 0 fully saturated rings. The highest BCUT2D eigenvalue weighted by atomic mass is 19.1. The number of halogens is 2.